The molecule has 0 saturated carbocycles. The van der Waals surface area contributed by atoms with Gasteiger partial charge in [0.05, 0.1) is 19.6 Å². The van der Waals surface area contributed by atoms with E-state index in [1.807, 2.05) is 60.7 Å². The number of nitrogens with zero attached hydrogens (tertiary/aromatic N) is 2. The maximum Gasteiger partial charge on any atom is 0.409 e. The third kappa shape index (κ3) is 4.00. The summed E-state index contributed by atoms with van der Waals surface area (Å²) in [6.45, 7) is 0.755. The average Bonchev–Trinajstić information content (AvgIpc) is 2.74. The lowest BCUT2D eigenvalue weighted by atomic mass is 9.89. The fourth-order valence-corrected chi connectivity index (χ4v) is 3.43. The van der Waals surface area contributed by atoms with E-state index in [1.54, 1.807) is 4.90 Å². The maximum absolute atomic E-state index is 13.4. The van der Waals surface area contributed by atoms with Gasteiger partial charge in [-0.15, -0.1) is 0 Å². The van der Waals surface area contributed by atoms with Crippen LogP contribution in [0.5, 0.6) is 0 Å². The first kappa shape index (κ1) is 18.6. The van der Waals surface area contributed by atoms with Gasteiger partial charge in [-0.25, -0.2) is 4.79 Å². The molecule has 1 heterocycles. The lowest BCUT2D eigenvalue weighted by molar-refractivity contribution is -0.139. The van der Waals surface area contributed by atoms with E-state index < -0.39 is 18.1 Å². The fraction of sp³-hybridized carbons (Fsp3) is 0.286. The van der Waals surface area contributed by atoms with E-state index in [-0.39, 0.29) is 19.0 Å². The van der Waals surface area contributed by atoms with Crippen molar-refractivity contribution in [3.63, 3.8) is 0 Å². The van der Waals surface area contributed by atoms with Crippen molar-refractivity contribution in [2.45, 2.75) is 12.0 Å². The molecule has 0 aromatic heterocycles. The Morgan fingerprint density at radius 2 is 1.56 bits per heavy atom. The van der Waals surface area contributed by atoms with E-state index in [4.69, 9.17) is 4.74 Å². The molecular formula is C21H22N2O4. The Morgan fingerprint density at radius 1 is 1.00 bits per heavy atom. The molecule has 0 unspecified atom stereocenters. The summed E-state index contributed by atoms with van der Waals surface area (Å²) in [7, 11) is 1.30. The summed E-state index contributed by atoms with van der Waals surface area (Å²) in [5.41, 5.74) is 1.74. The smallest absolute Gasteiger partial charge is 0.409 e. The highest BCUT2D eigenvalue weighted by Crippen LogP contribution is 2.28. The molecule has 2 aromatic rings. The lowest BCUT2D eigenvalue weighted by Gasteiger charge is -2.39. The summed E-state index contributed by atoms with van der Waals surface area (Å²) in [4.78, 5) is 39.9. The number of methoxy groups -OCH3 is 1. The molecule has 2 aromatic carbocycles. The molecule has 2 amide bonds. The Morgan fingerprint density at radius 3 is 2.04 bits per heavy atom. The van der Waals surface area contributed by atoms with Crippen LogP contribution in [0.4, 0.5) is 4.79 Å². The van der Waals surface area contributed by atoms with Crippen LogP contribution in [0.15, 0.2) is 60.7 Å². The maximum atomic E-state index is 13.4. The van der Waals surface area contributed by atoms with Crippen molar-refractivity contribution in [1.29, 1.82) is 0 Å². The zero-order valence-corrected chi connectivity index (χ0v) is 15.2. The van der Waals surface area contributed by atoms with Crippen molar-refractivity contribution in [1.82, 2.24) is 9.80 Å². The molecule has 6 heteroatoms. The third-order valence-electron chi connectivity index (χ3n) is 4.80. The molecule has 0 N–H and O–H groups in total. The first-order valence-electron chi connectivity index (χ1n) is 8.84. The largest absolute Gasteiger partial charge is 0.453 e. The topological polar surface area (TPSA) is 66.9 Å². The van der Waals surface area contributed by atoms with E-state index >= 15 is 0 Å². The second-order valence-corrected chi connectivity index (χ2v) is 6.41. The SMILES string of the molecule is COC(=O)N1CCN(C(=O)C(c2ccccc2)c2ccccc2)[C@H](C=O)C1. The van der Waals surface area contributed by atoms with Gasteiger partial charge in [0, 0.05) is 13.1 Å². The molecule has 6 nitrogen and oxygen atoms in total. The van der Waals surface area contributed by atoms with Crippen LogP contribution >= 0.6 is 0 Å². The molecule has 0 spiro atoms. The lowest BCUT2D eigenvalue weighted by Crippen LogP contribution is -2.58. The molecule has 1 fully saturated rings. The molecule has 140 valence electrons. The van der Waals surface area contributed by atoms with E-state index in [0.717, 1.165) is 17.4 Å². The van der Waals surface area contributed by atoms with Gasteiger partial charge in [0.15, 0.2) is 0 Å². The summed E-state index contributed by atoms with van der Waals surface area (Å²) < 4.78 is 4.73. The Hall–Kier alpha value is -3.15. The minimum atomic E-state index is -0.694. The van der Waals surface area contributed by atoms with Crippen molar-refractivity contribution in [2.24, 2.45) is 0 Å². The number of rotatable bonds is 4. The normalized spacial score (nSPS) is 16.9. The molecule has 1 aliphatic rings. The Kier molecular flexibility index (Phi) is 5.86. The summed E-state index contributed by atoms with van der Waals surface area (Å²) >= 11 is 0. The van der Waals surface area contributed by atoms with E-state index in [0.29, 0.717) is 6.54 Å². The molecular weight excluding hydrogens is 344 g/mol. The molecule has 3 rings (SSSR count). The van der Waals surface area contributed by atoms with Gasteiger partial charge in [-0.05, 0) is 11.1 Å². The van der Waals surface area contributed by atoms with E-state index in [9.17, 15) is 14.4 Å². The van der Waals surface area contributed by atoms with Gasteiger partial charge in [-0.2, -0.15) is 0 Å². The van der Waals surface area contributed by atoms with Crippen LogP contribution < -0.4 is 0 Å². The van der Waals surface area contributed by atoms with Crippen molar-refractivity contribution < 1.29 is 19.1 Å². The summed E-state index contributed by atoms with van der Waals surface area (Å²) in [6.07, 6.45) is 0.233. The van der Waals surface area contributed by atoms with Gasteiger partial charge in [-0.1, -0.05) is 60.7 Å². The predicted molar refractivity (Wildman–Crippen MR) is 100 cm³/mol. The van der Waals surface area contributed by atoms with Crippen molar-refractivity contribution >= 4 is 18.3 Å². The van der Waals surface area contributed by atoms with Gasteiger partial charge in [0.1, 0.15) is 12.3 Å². The first-order valence-corrected chi connectivity index (χ1v) is 8.84. The Labute approximate surface area is 158 Å². The van der Waals surface area contributed by atoms with Gasteiger partial charge >= 0.3 is 6.09 Å². The number of amides is 2. The molecule has 27 heavy (non-hydrogen) atoms. The summed E-state index contributed by atoms with van der Waals surface area (Å²) in [6, 6.07) is 18.3. The van der Waals surface area contributed by atoms with E-state index in [2.05, 4.69) is 0 Å². The van der Waals surface area contributed by atoms with Crippen LogP contribution in [0.1, 0.15) is 17.0 Å². The highest BCUT2D eigenvalue weighted by molar-refractivity contribution is 5.89. The second kappa shape index (κ2) is 8.49. The van der Waals surface area contributed by atoms with Crippen molar-refractivity contribution in [3.8, 4) is 0 Å². The van der Waals surface area contributed by atoms with Crippen molar-refractivity contribution in [2.75, 3.05) is 26.7 Å². The van der Waals surface area contributed by atoms with Gasteiger partial charge < -0.3 is 19.3 Å². The number of carbonyl (C=O) groups is 3. The summed E-state index contributed by atoms with van der Waals surface area (Å²) in [5.74, 6) is -0.645. The summed E-state index contributed by atoms with van der Waals surface area (Å²) in [5, 5.41) is 0. The quantitative estimate of drug-likeness (QED) is 0.779. The third-order valence-corrected chi connectivity index (χ3v) is 4.80. The standard InChI is InChI=1S/C21H22N2O4/c1-27-21(26)22-12-13-23(18(14-22)15-24)20(25)19(16-8-4-2-5-9-16)17-10-6-3-7-11-17/h2-11,15,18-19H,12-14H2,1H3/t18-/m0/s1. The Bertz CT molecular complexity index is 755. The van der Waals surface area contributed by atoms with Crippen molar-refractivity contribution in [3.05, 3.63) is 71.8 Å². The molecule has 1 aliphatic heterocycles. The molecule has 0 aliphatic carbocycles. The monoisotopic (exact) mass is 366 g/mol. The number of hydrogen-bond acceptors (Lipinski definition) is 4. The zero-order valence-electron chi connectivity index (χ0n) is 15.2. The van der Waals surface area contributed by atoms with Gasteiger partial charge in [-0.3, -0.25) is 4.79 Å². The highest BCUT2D eigenvalue weighted by Gasteiger charge is 2.36. The number of hydrogen-bond donors (Lipinski definition) is 0. The van der Waals surface area contributed by atoms with E-state index in [1.165, 1.54) is 12.0 Å². The van der Waals surface area contributed by atoms with Crippen LogP contribution in [-0.2, 0) is 14.3 Å². The molecule has 1 atom stereocenters. The number of aldehydes is 1. The highest BCUT2D eigenvalue weighted by atomic mass is 16.5. The number of piperazine rings is 1. The van der Waals surface area contributed by atoms with Crippen LogP contribution in [-0.4, -0.2) is 60.9 Å². The first-order chi connectivity index (χ1) is 13.2. The number of benzene rings is 2. The van der Waals surface area contributed by atoms with Gasteiger partial charge in [0.2, 0.25) is 5.91 Å². The van der Waals surface area contributed by atoms with Crippen LogP contribution in [0.3, 0.4) is 0 Å². The molecule has 1 saturated heterocycles. The molecule has 0 radical (unpaired) electrons. The predicted octanol–water partition coefficient (Wildman–Crippen LogP) is 2.30. The van der Waals surface area contributed by atoms with Crippen LogP contribution in [0.25, 0.3) is 0 Å². The minimum absolute atomic E-state index is 0.137. The van der Waals surface area contributed by atoms with Crippen LogP contribution in [0.2, 0.25) is 0 Å². The fourth-order valence-electron chi connectivity index (χ4n) is 3.43. The number of carbonyl (C=O) groups excluding carboxylic acids is 3. The second-order valence-electron chi connectivity index (χ2n) is 6.41. The Balaban J connectivity index is 1.90. The molecule has 0 bridgehead atoms. The number of ether oxygens (including phenoxy) is 1. The van der Waals surface area contributed by atoms with Crippen LogP contribution in [0, 0.1) is 0 Å². The van der Waals surface area contributed by atoms with Gasteiger partial charge in [0.25, 0.3) is 0 Å². The minimum Gasteiger partial charge on any atom is -0.453 e. The average molecular weight is 366 g/mol. The zero-order chi connectivity index (χ0) is 19.2.